The van der Waals surface area contributed by atoms with Crippen LogP contribution in [0, 0.1) is 6.92 Å². The molecule has 0 bridgehead atoms. The number of aryl methyl sites for hydroxylation is 1. The van der Waals surface area contributed by atoms with Crippen molar-refractivity contribution in [1.82, 2.24) is 0 Å². The summed E-state index contributed by atoms with van der Waals surface area (Å²) in [5.41, 5.74) is 8.09. The third kappa shape index (κ3) is 3.45. The number of nitrogen functional groups attached to an aromatic ring is 1. The van der Waals surface area contributed by atoms with E-state index in [-0.39, 0.29) is 5.91 Å². The standard InChI is InChI=1S/C14H11BrCl2N2O/c1-7-2-12(18)11(17)6-13(7)19-14(20)8-3-9(15)5-10(16)4-8/h2-6H,18H2,1H3,(H,19,20). The maximum atomic E-state index is 12.2. The third-order valence-corrected chi connectivity index (χ3v) is 3.72. The molecule has 0 aromatic heterocycles. The first-order valence-electron chi connectivity index (χ1n) is 5.70. The number of amides is 1. The zero-order valence-corrected chi connectivity index (χ0v) is 13.6. The lowest BCUT2D eigenvalue weighted by atomic mass is 10.1. The Morgan fingerprint density at radius 2 is 1.90 bits per heavy atom. The van der Waals surface area contributed by atoms with Gasteiger partial charge in [0.15, 0.2) is 0 Å². The molecule has 3 nitrogen and oxygen atoms in total. The summed E-state index contributed by atoms with van der Waals surface area (Å²) in [4.78, 5) is 12.2. The van der Waals surface area contributed by atoms with Crippen LogP contribution in [0.5, 0.6) is 0 Å². The Kier molecular flexibility index (Phi) is 4.58. The number of anilines is 2. The molecule has 0 spiro atoms. The van der Waals surface area contributed by atoms with E-state index in [9.17, 15) is 4.79 Å². The maximum Gasteiger partial charge on any atom is 0.255 e. The van der Waals surface area contributed by atoms with Crippen molar-refractivity contribution < 1.29 is 4.79 Å². The van der Waals surface area contributed by atoms with Gasteiger partial charge in [-0.25, -0.2) is 0 Å². The number of halogens is 3. The van der Waals surface area contributed by atoms with Crippen LogP contribution in [0.4, 0.5) is 11.4 Å². The lowest BCUT2D eigenvalue weighted by Gasteiger charge is -2.11. The van der Waals surface area contributed by atoms with Gasteiger partial charge in [0, 0.05) is 20.7 Å². The quantitative estimate of drug-likeness (QED) is 0.735. The van der Waals surface area contributed by atoms with Crippen molar-refractivity contribution in [3.63, 3.8) is 0 Å². The first-order valence-corrected chi connectivity index (χ1v) is 7.25. The average Bonchev–Trinajstić information content (AvgIpc) is 2.34. The topological polar surface area (TPSA) is 55.1 Å². The van der Waals surface area contributed by atoms with Crippen molar-refractivity contribution in [3.8, 4) is 0 Å². The predicted octanol–water partition coefficient (Wildman–Crippen LogP) is 4.90. The van der Waals surface area contributed by atoms with Gasteiger partial charge in [0.2, 0.25) is 0 Å². The zero-order valence-electron chi connectivity index (χ0n) is 10.5. The molecule has 0 aliphatic rings. The second kappa shape index (κ2) is 6.04. The first kappa shape index (κ1) is 15.2. The molecular formula is C14H11BrCl2N2O. The van der Waals surface area contributed by atoms with Crippen LogP contribution in [0.3, 0.4) is 0 Å². The molecule has 0 saturated heterocycles. The summed E-state index contributed by atoms with van der Waals surface area (Å²) in [6, 6.07) is 8.34. The van der Waals surface area contributed by atoms with E-state index in [1.54, 1.807) is 30.3 Å². The molecule has 0 saturated carbocycles. The normalized spacial score (nSPS) is 10.4. The van der Waals surface area contributed by atoms with Gasteiger partial charge >= 0.3 is 0 Å². The SMILES string of the molecule is Cc1cc(N)c(Cl)cc1NC(=O)c1cc(Cl)cc(Br)c1. The van der Waals surface area contributed by atoms with Gasteiger partial charge < -0.3 is 11.1 Å². The second-order valence-corrected chi connectivity index (χ2v) is 6.06. The van der Waals surface area contributed by atoms with Crippen LogP contribution < -0.4 is 11.1 Å². The number of rotatable bonds is 2. The van der Waals surface area contributed by atoms with Gasteiger partial charge in [-0.1, -0.05) is 39.1 Å². The summed E-state index contributed by atoms with van der Waals surface area (Å²) >= 11 is 15.2. The molecule has 104 valence electrons. The van der Waals surface area contributed by atoms with E-state index in [1.807, 2.05) is 6.92 Å². The van der Waals surface area contributed by atoms with E-state index in [4.69, 9.17) is 28.9 Å². The van der Waals surface area contributed by atoms with Crippen LogP contribution >= 0.6 is 39.1 Å². The predicted molar refractivity (Wildman–Crippen MR) is 87.7 cm³/mol. The molecule has 0 atom stereocenters. The van der Waals surface area contributed by atoms with E-state index in [0.717, 1.165) is 10.0 Å². The van der Waals surface area contributed by atoms with Crippen molar-refractivity contribution in [2.75, 3.05) is 11.1 Å². The number of hydrogen-bond donors (Lipinski definition) is 2. The summed E-state index contributed by atoms with van der Waals surface area (Å²) in [6.45, 7) is 1.84. The monoisotopic (exact) mass is 372 g/mol. The van der Waals surface area contributed by atoms with Crippen LogP contribution in [-0.4, -0.2) is 5.91 Å². The molecule has 6 heteroatoms. The number of benzene rings is 2. The van der Waals surface area contributed by atoms with Crippen molar-refractivity contribution >= 4 is 56.4 Å². The highest BCUT2D eigenvalue weighted by atomic mass is 79.9. The Bertz CT molecular complexity index is 669. The molecule has 20 heavy (non-hydrogen) atoms. The zero-order chi connectivity index (χ0) is 14.9. The van der Waals surface area contributed by atoms with E-state index in [1.165, 1.54) is 0 Å². The van der Waals surface area contributed by atoms with Crippen LogP contribution in [0.15, 0.2) is 34.8 Å². The third-order valence-electron chi connectivity index (χ3n) is 2.72. The molecule has 2 aromatic carbocycles. The van der Waals surface area contributed by atoms with Gasteiger partial charge in [-0.2, -0.15) is 0 Å². The minimum atomic E-state index is -0.267. The van der Waals surface area contributed by atoms with Gasteiger partial charge in [0.25, 0.3) is 5.91 Å². The van der Waals surface area contributed by atoms with E-state index >= 15 is 0 Å². The van der Waals surface area contributed by atoms with Gasteiger partial charge in [-0.3, -0.25) is 4.79 Å². The minimum Gasteiger partial charge on any atom is -0.398 e. The van der Waals surface area contributed by atoms with Crippen molar-refractivity contribution in [2.24, 2.45) is 0 Å². The fraction of sp³-hybridized carbons (Fsp3) is 0.0714. The van der Waals surface area contributed by atoms with Crippen LogP contribution in [0.25, 0.3) is 0 Å². The molecule has 3 N–H and O–H groups in total. The molecule has 0 fully saturated rings. The van der Waals surface area contributed by atoms with E-state index in [2.05, 4.69) is 21.2 Å². The molecule has 1 amide bonds. The molecule has 2 rings (SSSR count). The Morgan fingerprint density at radius 3 is 2.55 bits per heavy atom. The summed E-state index contributed by atoms with van der Waals surface area (Å²) in [7, 11) is 0. The minimum absolute atomic E-state index is 0.267. The summed E-state index contributed by atoms with van der Waals surface area (Å²) in [6.07, 6.45) is 0. The van der Waals surface area contributed by atoms with Crippen LogP contribution in [0.2, 0.25) is 10.0 Å². The maximum absolute atomic E-state index is 12.2. The highest BCUT2D eigenvalue weighted by molar-refractivity contribution is 9.10. The van der Waals surface area contributed by atoms with Crippen molar-refractivity contribution in [2.45, 2.75) is 6.92 Å². The fourth-order valence-electron chi connectivity index (χ4n) is 1.72. The molecule has 0 unspecified atom stereocenters. The number of carbonyl (C=O) groups excluding carboxylic acids is 1. The van der Waals surface area contributed by atoms with E-state index < -0.39 is 0 Å². The summed E-state index contributed by atoms with van der Waals surface area (Å²) in [5, 5.41) is 3.67. The van der Waals surface area contributed by atoms with Gasteiger partial charge in [0.05, 0.1) is 10.7 Å². The van der Waals surface area contributed by atoms with Crippen LogP contribution in [-0.2, 0) is 0 Å². The van der Waals surface area contributed by atoms with Crippen molar-refractivity contribution in [3.05, 3.63) is 56.0 Å². The fourth-order valence-corrected chi connectivity index (χ4v) is 2.74. The molecule has 0 aliphatic carbocycles. The van der Waals surface area contributed by atoms with Gasteiger partial charge in [0.1, 0.15) is 0 Å². The van der Waals surface area contributed by atoms with Gasteiger partial charge in [-0.05, 0) is 42.8 Å². The smallest absolute Gasteiger partial charge is 0.255 e. The number of carbonyl (C=O) groups is 1. The van der Waals surface area contributed by atoms with Crippen molar-refractivity contribution in [1.29, 1.82) is 0 Å². The number of hydrogen-bond acceptors (Lipinski definition) is 2. The summed E-state index contributed by atoms with van der Waals surface area (Å²) < 4.78 is 0.738. The highest BCUT2D eigenvalue weighted by Gasteiger charge is 2.11. The lowest BCUT2D eigenvalue weighted by Crippen LogP contribution is -2.13. The Balaban J connectivity index is 2.30. The van der Waals surface area contributed by atoms with E-state index in [0.29, 0.717) is 27.0 Å². The highest BCUT2D eigenvalue weighted by Crippen LogP contribution is 2.27. The number of nitrogens with two attached hydrogens (primary N) is 1. The second-order valence-electron chi connectivity index (χ2n) is 4.30. The van der Waals surface area contributed by atoms with Gasteiger partial charge in [-0.15, -0.1) is 0 Å². The lowest BCUT2D eigenvalue weighted by molar-refractivity contribution is 0.102. The number of nitrogens with one attached hydrogen (secondary N) is 1. The Hall–Kier alpha value is -1.23. The summed E-state index contributed by atoms with van der Waals surface area (Å²) in [5.74, 6) is -0.267. The average molecular weight is 374 g/mol. The van der Waals surface area contributed by atoms with Crippen LogP contribution in [0.1, 0.15) is 15.9 Å². The Labute approximate surface area is 135 Å². The Morgan fingerprint density at radius 1 is 1.20 bits per heavy atom. The largest absolute Gasteiger partial charge is 0.398 e. The molecule has 0 heterocycles. The molecular weight excluding hydrogens is 363 g/mol. The molecule has 0 radical (unpaired) electrons. The molecule has 2 aromatic rings. The molecule has 0 aliphatic heterocycles. The first-order chi connectivity index (χ1) is 9.36.